The van der Waals surface area contributed by atoms with Gasteiger partial charge in [0, 0.05) is 0 Å². The Morgan fingerprint density at radius 1 is 1.00 bits per heavy atom. The first-order chi connectivity index (χ1) is 3.93. The maximum absolute atomic E-state index is 8.54. The van der Waals surface area contributed by atoms with E-state index in [1.165, 1.54) is 0 Å². The fourth-order valence-electron chi connectivity index (χ4n) is 0.583. The first-order valence-electron chi connectivity index (χ1n) is 2.58. The quantitative estimate of drug-likeness (QED) is 0.702. The Labute approximate surface area is 72.9 Å². The van der Waals surface area contributed by atoms with Gasteiger partial charge in [-0.1, -0.05) is 30.3 Å². The number of halogens is 2. The van der Waals surface area contributed by atoms with Crippen LogP contribution < -0.4 is 0 Å². The third kappa shape index (κ3) is 3.72. The largest absolute Gasteiger partial charge is 0.392 e. The summed E-state index contributed by atoms with van der Waals surface area (Å²) in [5, 5.41) is 8.54. The van der Waals surface area contributed by atoms with Crippen LogP contribution in [0.5, 0.6) is 0 Å². The Balaban J connectivity index is 0. The monoisotopic (exact) mass is 180 g/mol. The van der Waals surface area contributed by atoms with Gasteiger partial charge in [-0.25, -0.2) is 0 Å². The smallest absolute Gasteiger partial charge is 0.0681 e. The van der Waals surface area contributed by atoms with Crippen LogP contribution in [0.25, 0.3) is 0 Å². The molecule has 0 amide bonds. The molecule has 0 spiro atoms. The summed E-state index contributed by atoms with van der Waals surface area (Å²) in [4.78, 5) is 0. The molecule has 1 nitrogen and oxygen atoms in total. The second kappa shape index (κ2) is 6.87. The van der Waals surface area contributed by atoms with Gasteiger partial charge >= 0.3 is 0 Å². The molecule has 1 aromatic carbocycles. The molecule has 0 aromatic heterocycles. The molecule has 0 fully saturated rings. The maximum Gasteiger partial charge on any atom is 0.0681 e. The van der Waals surface area contributed by atoms with E-state index in [0.29, 0.717) is 0 Å². The van der Waals surface area contributed by atoms with Gasteiger partial charge < -0.3 is 5.11 Å². The van der Waals surface area contributed by atoms with Crippen LogP contribution in [0.1, 0.15) is 5.56 Å². The first-order valence-corrected chi connectivity index (χ1v) is 2.58. The minimum absolute atomic E-state index is 0. The molecule has 1 N–H and O–H groups in total. The van der Waals surface area contributed by atoms with E-state index in [1.807, 2.05) is 30.3 Å². The Morgan fingerprint density at radius 3 is 1.80 bits per heavy atom. The van der Waals surface area contributed by atoms with Crippen molar-refractivity contribution in [3.63, 3.8) is 0 Å². The van der Waals surface area contributed by atoms with Gasteiger partial charge in [0.05, 0.1) is 6.61 Å². The van der Waals surface area contributed by atoms with E-state index < -0.39 is 0 Å². The molecule has 0 aliphatic rings. The van der Waals surface area contributed by atoms with Crippen molar-refractivity contribution in [2.45, 2.75) is 6.61 Å². The van der Waals surface area contributed by atoms with Crippen molar-refractivity contribution in [3.8, 4) is 0 Å². The molecule has 1 aromatic rings. The summed E-state index contributed by atoms with van der Waals surface area (Å²) in [6.45, 7) is 0.140. The summed E-state index contributed by atoms with van der Waals surface area (Å²) in [5.41, 5.74) is 0.965. The normalized spacial score (nSPS) is 7.30. The van der Waals surface area contributed by atoms with E-state index in [9.17, 15) is 0 Å². The Bertz CT molecular complexity index is 153. The van der Waals surface area contributed by atoms with E-state index in [0.717, 1.165) is 5.56 Å². The summed E-state index contributed by atoms with van der Waals surface area (Å²) >= 11 is 0. The van der Waals surface area contributed by atoms with Crippen molar-refractivity contribution < 1.29 is 5.11 Å². The predicted molar refractivity (Wildman–Crippen MR) is 46.9 cm³/mol. The molecule has 0 aliphatic carbocycles. The van der Waals surface area contributed by atoms with E-state index in [2.05, 4.69) is 0 Å². The van der Waals surface area contributed by atoms with Crippen molar-refractivity contribution in [2.75, 3.05) is 0 Å². The summed E-state index contributed by atoms with van der Waals surface area (Å²) in [5.74, 6) is 0. The number of benzene rings is 1. The lowest BCUT2D eigenvalue weighted by Gasteiger charge is -1.89. The Kier molecular flexibility index (Phi) is 8.55. The Hall–Kier alpha value is -0.240. The van der Waals surface area contributed by atoms with Crippen LogP contribution in [-0.2, 0) is 6.61 Å². The highest BCUT2D eigenvalue weighted by molar-refractivity contribution is 5.85. The minimum Gasteiger partial charge on any atom is -0.392 e. The van der Waals surface area contributed by atoms with Crippen LogP contribution in [0.2, 0.25) is 0 Å². The van der Waals surface area contributed by atoms with Gasteiger partial charge in [0.15, 0.2) is 0 Å². The molecule has 0 heterocycles. The van der Waals surface area contributed by atoms with Gasteiger partial charge in [0.25, 0.3) is 0 Å². The van der Waals surface area contributed by atoms with Crippen LogP contribution in [0, 0.1) is 0 Å². The van der Waals surface area contributed by atoms with Gasteiger partial charge in [0.1, 0.15) is 0 Å². The fourth-order valence-corrected chi connectivity index (χ4v) is 0.583. The third-order valence-corrected chi connectivity index (χ3v) is 1.03. The van der Waals surface area contributed by atoms with Crippen molar-refractivity contribution in [2.24, 2.45) is 0 Å². The van der Waals surface area contributed by atoms with Crippen LogP contribution in [-0.4, -0.2) is 5.11 Å². The first kappa shape index (κ1) is 12.4. The lowest BCUT2D eigenvalue weighted by Crippen LogP contribution is -1.77. The highest BCUT2D eigenvalue weighted by Crippen LogP contribution is 1.95. The summed E-state index contributed by atoms with van der Waals surface area (Å²) in [6.07, 6.45) is 0. The molecular formula is C7H10Cl2O. The number of rotatable bonds is 1. The number of aliphatic hydroxyl groups is 1. The van der Waals surface area contributed by atoms with E-state index in [1.54, 1.807) is 0 Å². The van der Waals surface area contributed by atoms with E-state index in [-0.39, 0.29) is 31.4 Å². The summed E-state index contributed by atoms with van der Waals surface area (Å²) in [6, 6.07) is 9.52. The fraction of sp³-hybridized carbons (Fsp3) is 0.143. The molecule has 1 rings (SSSR count). The summed E-state index contributed by atoms with van der Waals surface area (Å²) in [7, 11) is 0. The molecule has 0 atom stereocenters. The van der Waals surface area contributed by atoms with Crippen molar-refractivity contribution >= 4 is 24.8 Å². The highest BCUT2D eigenvalue weighted by Gasteiger charge is 1.81. The summed E-state index contributed by atoms with van der Waals surface area (Å²) < 4.78 is 0. The SMILES string of the molecule is Cl.Cl.OCc1ccccc1. The van der Waals surface area contributed by atoms with Gasteiger partial charge in [-0.3, -0.25) is 0 Å². The molecule has 0 radical (unpaired) electrons. The predicted octanol–water partition coefficient (Wildman–Crippen LogP) is 2.02. The zero-order chi connectivity index (χ0) is 5.82. The maximum atomic E-state index is 8.54. The van der Waals surface area contributed by atoms with Gasteiger partial charge in [0.2, 0.25) is 0 Å². The molecule has 3 heteroatoms. The Morgan fingerprint density at radius 2 is 1.50 bits per heavy atom. The zero-order valence-electron chi connectivity index (χ0n) is 5.36. The van der Waals surface area contributed by atoms with Crippen molar-refractivity contribution in [1.29, 1.82) is 0 Å². The van der Waals surface area contributed by atoms with Crippen molar-refractivity contribution in [1.82, 2.24) is 0 Å². The number of hydrogen-bond acceptors (Lipinski definition) is 1. The van der Waals surface area contributed by atoms with Gasteiger partial charge in [-0.05, 0) is 5.56 Å². The molecule has 10 heavy (non-hydrogen) atoms. The minimum atomic E-state index is 0. The van der Waals surface area contributed by atoms with Crippen LogP contribution >= 0.6 is 24.8 Å². The molecular weight excluding hydrogens is 171 g/mol. The highest BCUT2D eigenvalue weighted by atomic mass is 35.5. The number of aliphatic hydroxyl groups excluding tert-OH is 1. The number of hydrogen-bond donors (Lipinski definition) is 1. The second-order valence-electron chi connectivity index (χ2n) is 1.64. The average molecular weight is 181 g/mol. The van der Waals surface area contributed by atoms with Crippen LogP contribution in [0.3, 0.4) is 0 Å². The average Bonchev–Trinajstić information content (AvgIpc) is 1.90. The molecule has 0 aliphatic heterocycles. The second-order valence-corrected chi connectivity index (χ2v) is 1.64. The van der Waals surface area contributed by atoms with E-state index >= 15 is 0 Å². The molecule has 0 saturated carbocycles. The molecule has 0 bridgehead atoms. The van der Waals surface area contributed by atoms with Crippen LogP contribution in [0.4, 0.5) is 0 Å². The van der Waals surface area contributed by atoms with Crippen LogP contribution in [0.15, 0.2) is 30.3 Å². The van der Waals surface area contributed by atoms with Gasteiger partial charge in [-0.15, -0.1) is 24.8 Å². The lowest BCUT2D eigenvalue weighted by atomic mass is 10.2. The van der Waals surface area contributed by atoms with E-state index in [4.69, 9.17) is 5.11 Å². The molecule has 0 saturated heterocycles. The van der Waals surface area contributed by atoms with Crippen molar-refractivity contribution in [3.05, 3.63) is 35.9 Å². The topological polar surface area (TPSA) is 20.2 Å². The zero-order valence-corrected chi connectivity index (χ0v) is 6.99. The molecule has 0 unspecified atom stereocenters. The third-order valence-electron chi connectivity index (χ3n) is 1.03. The van der Waals surface area contributed by atoms with Gasteiger partial charge in [-0.2, -0.15) is 0 Å². The standard InChI is InChI=1S/C7H8O.2ClH/c8-6-7-4-2-1-3-5-7;;/h1-5,8H,6H2;2*1H. The lowest BCUT2D eigenvalue weighted by molar-refractivity contribution is 0.282. The molecule has 58 valence electrons.